The molecule has 0 bridgehead atoms. The molecule has 0 spiro atoms. The number of carboxylic acids is 1. The van der Waals surface area contributed by atoms with Crippen molar-refractivity contribution in [2.75, 3.05) is 0 Å². The highest BCUT2D eigenvalue weighted by atomic mass is 35.5. The van der Waals surface area contributed by atoms with Gasteiger partial charge in [0.15, 0.2) is 5.15 Å². The highest BCUT2D eigenvalue weighted by Crippen LogP contribution is 2.20. The molecule has 90 valence electrons. The summed E-state index contributed by atoms with van der Waals surface area (Å²) in [7, 11) is 0. The van der Waals surface area contributed by atoms with Gasteiger partial charge >= 0.3 is 5.97 Å². The van der Waals surface area contributed by atoms with Crippen LogP contribution >= 0.6 is 11.6 Å². The standard InChI is InChI=1S/C12H13ClN2O2/c1-8-5-6-15-9(7-8)12(13)14-10(15)3-2-4-11(16)17/h5-7H,2-4H2,1H3,(H,16,17). The van der Waals surface area contributed by atoms with E-state index in [4.69, 9.17) is 16.7 Å². The lowest BCUT2D eigenvalue weighted by molar-refractivity contribution is -0.137. The number of rotatable bonds is 4. The van der Waals surface area contributed by atoms with Gasteiger partial charge < -0.3 is 9.51 Å². The van der Waals surface area contributed by atoms with Crippen LogP contribution in [0.4, 0.5) is 0 Å². The molecular formula is C12H13ClN2O2. The molecule has 0 aliphatic heterocycles. The summed E-state index contributed by atoms with van der Waals surface area (Å²) in [5.41, 5.74) is 1.99. The number of aliphatic carboxylic acids is 1. The fraction of sp³-hybridized carbons (Fsp3) is 0.333. The molecule has 5 heteroatoms. The Morgan fingerprint density at radius 1 is 1.59 bits per heavy atom. The summed E-state index contributed by atoms with van der Waals surface area (Å²) in [6, 6.07) is 3.95. The van der Waals surface area contributed by atoms with Gasteiger partial charge in [-0.05, 0) is 31.0 Å². The second-order valence-electron chi connectivity index (χ2n) is 4.03. The van der Waals surface area contributed by atoms with Crippen LogP contribution in [0.25, 0.3) is 5.52 Å². The Kier molecular flexibility index (Phi) is 3.33. The number of pyridine rings is 1. The summed E-state index contributed by atoms with van der Waals surface area (Å²) < 4.78 is 1.91. The maximum Gasteiger partial charge on any atom is 0.303 e. The molecule has 2 aromatic rings. The lowest BCUT2D eigenvalue weighted by Crippen LogP contribution is -1.99. The number of carboxylic acid groups (broad SMARTS) is 1. The van der Waals surface area contributed by atoms with E-state index < -0.39 is 5.97 Å². The first-order valence-corrected chi connectivity index (χ1v) is 5.80. The Morgan fingerprint density at radius 2 is 2.35 bits per heavy atom. The van der Waals surface area contributed by atoms with Gasteiger partial charge in [-0.1, -0.05) is 11.6 Å². The Hall–Kier alpha value is -1.55. The molecular weight excluding hydrogens is 240 g/mol. The van der Waals surface area contributed by atoms with Gasteiger partial charge in [-0.2, -0.15) is 0 Å². The zero-order valence-electron chi connectivity index (χ0n) is 9.48. The van der Waals surface area contributed by atoms with Crippen molar-refractivity contribution >= 4 is 23.1 Å². The number of aromatic nitrogens is 2. The second-order valence-corrected chi connectivity index (χ2v) is 4.38. The summed E-state index contributed by atoms with van der Waals surface area (Å²) in [4.78, 5) is 14.7. The molecule has 17 heavy (non-hydrogen) atoms. The first-order chi connectivity index (χ1) is 8.08. The number of hydrogen-bond donors (Lipinski definition) is 1. The number of carbonyl (C=O) groups is 1. The van der Waals surface area contributed by atoms with E-state index in [1.54, 1.807) is 0 Å². The molecule has 0 unspecified atom stereocenters. The number of halogens is 1. The van der Waals surface area contributed by atoms with Gasteiger partial charge in [-0.25, -0.2) is 4.98 Å². The number of aryl methyl sites for hydroxylation is 2. The fourth-order valence-electron chi connectivity index (χ4n) is 1.79. The molecule has 4 nitrogen and oxygen atoms in total. The lowest BCUT2D eigenvalue weighted by atomic mass is 10.2. The van der Waals surface area contributed by atoms with Crippen molar-refractivity contribution in [1.82, 2.24) is 9.38 Å². The smallest absolute Gasteiger partial charge is 0.303 e. The average Bonchev–Trinajstić information content (AvgIpc) is 2.55. The van der Waals surface area contributed by atoms with Gasteiger partial charge in [0, 0.05) is 19.0 Å². The molecule has 2 heterocycles. The molecule has 0 aromatic carbocycles. The summed E-state index contributed by atoms with van der Waals surface area (Å²) in [5, 5.41) is 9.06. The van der Waals surface area contributed by atoms with E-state index in [-0.39, 0.29) is 6.42 Å². The quantitative estimate of drug-likeness (QED) is 0.910. The normalized spacial score (nSPS) is 10.9. The molecule has 0 amide bonds. The third-order valence-corrected chi connectivity index (χ3v) is 2.90. The minimum Gasteiger partial charge on any atom is -0.481 e. The van der Waals surface area contributed by atoms with Gasteiger partial charge in [0.05, 0.1) is 5.52 Å². The molecule has 0 radical (unpaired) electrons. The van der Waals surface area contributed by atoms with Crippen molar-refractivity contribution in [3.05, 3.63) is 34.9 Å². The average molecular weight is 253 g/mol. The summed E-state index contributed by atoms with van der Waals surface area (Å²) in [6.45, 7) is 1.99. The molecule has 0 aliphatic carbocycles. The van der Waals surface area contributed by atoms with E-state index in [0.717, 1.165) is 16.9 Å². The number of nitrogens with zero attached hydrogens (tertiary/aromatic N) is 2. The summed E-state index contributed by atoms with van der Waals surface area (Å²) >= 11 is 6.04. The van der Waals surface area contributed by atoms with Crippen molar-refractivity contribution in [3.63, 3.8) is 0 Å². The number of imidazole rings is 1. The molecule has 0 fully saturated rings. The van der Waals surface area contributed by atoms with E-state index in [9.17, 15) is 4.79 Å². The van der Waals surface area contributed by atoms with Crippen LogP contribution < -0.4 is 0 Å². The van der Waals surface area contributed by atoms with Crippen molar-refractivity contribution in [2.24, 2.45) is 0 Å². The van der Waals surface area contributed by atoms with Crippen molar-refractivity contribution in [1.29, 1.82) is 0 Å². The predicted octanol–water partition coefficient (Wildman–Crippen LogP) is 2.70. The van der Waals surface area contributed by atoms with Gasteiger partial charge in [0.1, 0.15) is 5.82 Å². The van der Waals surface area contributed by atoms with Crippen molar-refractivity contribution in [3.8, 4) is 0 Å². The maximum absolute atomic E-state index is 10.4. The molecule has 0 atom stereocenters. The first kappa shape index (κ1) is 11.9. The van der Waals surface area contributed by atoms with E-state index >= 15 is 0 Å². The van der Waals surface area contributed by atoms with E-state index in [1.165, 1.54) is 0 Å². The number of hydrogen-bond acceptors (Lipinski definition) is 2. The highest BCUT2D eigenvalue weighted by molar-refractivity contribution is 6.32. The monoisotopic (exact) mass is 252 g/mol. The van der Waals surface area contributed by atoms with Gasteiger partial charge in [0.25, 0.3) is 0 Å². The zero-order valence-corrected chi connectivity index (χ0v) is 10.2. The van der Waals surface area contributed by atoms with Crippen LogP contribution in [0, 0.1) is 6.92 Å². The highest BCUT2D eigenvalue weighted by Gasteiger charge is 2.09. The van der Waals surface area contributed by atoms with Gasteiger partial charge in [0.2, 0.25) is 0 Å². The van der Waals surface area contributed by atoms with E-state index in [2.05, 4.69) is 4.98 Å². The topological polar surface area (TPSA) is 54.6 Å². The lowest BCUT2D eigenvalue weighted by Gasteiger charge is -2.00. The van der Waals surface area contributed by atoms with Crippen LogP contribution in [0.2, 0.25) is 5.15 Å². The molecule has 2 rings (SSSR count). The third kappa shape index (κ3) is 2.58. The Bertz CT molecular complexity index is 563. The molecule has 0 saturated carbocycles. The molecule has 0 aliphatic rings. The van der Waals surface area contributed by atoms with Crippen LogP contribution in [0.15, 0.2) is 18.3 Å². The van der Waals surface area contributed by atoms with Crippen LogP contribution in [-0.2, 0) is 11.2 Å². The Morgan fingerprint density at radius 3 is 3.06 bits per heavy atom. The third-order valence-electron chi connectivity index (χ3n) is 2.62. The fourth-order valence-corrected chi connectivity index (χ4v) is 2.03. The summed E-state index contributed by atoms with van der Waals surface area (Å²) in [6.07, 6.45) is 3.25. The van der Waals surface area contributed by atoms with Crippen molar-refractivity contribution in [2.45, 2.75) is 26.2 Å². The molecule has 1 N–H and O–H groups in total. The van der Waals surface area contributed by atoms with Crippen LogP contribution in [-0.4, -0.2) is 20.5 Å². The van der Waals surface area contributed by atoms with Crippen molar-refractivity contribution < 1.29 is 9.90 Å². The summed E-state index contributed by atoms with van der Waals surface area (Å²) in [5.74, 6) is 0.0269. The van der Waals surface area contributed by atoms with E-state index in [1.807, 2.05) is 29.7 Å². The second kappa shape index (κ2) is 4.75. The minimum absolute atomic E-state index is 0.151. The van der Waals surface area contributed by atoms with Crippen LogP contribution in [0.5, 0.6) is 0 Å². The van der Waals surface area contributed by atoms with E-state index in [0.29, 0.717) is 18.0 Å². The Labute approximate surface area is 104 Å². The largest absolute Gasteiger partial charge is 0.481 e. The zero-order chi connectivity index (χ0) is 12.4. The van der Waals surface area contributed by atoms with Crippen LogP contribution in [0.3, 0.4) is 0 Å². The minimum atomic E-state index is -0.784. The first-order valence-electron chi connectivity index (χ1n) is 5.43. The van der Waals surface area contributed by atoms with Gasteiger partial charge in [-0.15, -0.1) is 0 Å². The van der Waals surface area contributed by atoms with Crippen LogP contribution in [0.1, 0.15) is 24.2 Å². The molecule has 0 saturated heterocycles. The predicted molar refractivity (Wildman–Crippen MR) is 65.5 cm³/mol. The Balaban J connectivity index is 2.26. The molecule has 2 aromatic heterocycles. The maximum atomic E-state index is 10.4. The SMILES string of the molecule is Cc1ccn2c(CCCC(=O)O)nc(Cl)c2c1. The number of fused-ring (bicyclic) bond motifs is 1. The van der Waals surface area contributed by atoms with Gasteiger partial charge in [-0.3, -0.25) is 4.79 Å².